The number of rotatable bonds is 2. The first kappa shape index (κ1) is 12.0. The summed E-state index contributed by atoms with van der Waals surface area (Å²) in [6.07, 6.45) is 0. The number of anilines is 1. The van der Waals surface area contributed by atoms with Crippen LogP contribution in [0.1, 0.15) is 39.0 Å². The smallest absolute Gasteiger partial charge is 0.126 e. The molecule has 1 atom stereocenters. The molecule has 1 N–H and O–H groups in total. The van der Waals surface area contributed by atoms with Gasteiger partial charge in [-0.2, -0.15) is 0 Å². The largest absolute Gasteiger partial charge is 0.367 e. The van der Waals surface area contributed by atoms with Gasteiger partial charge in [-0.15, -0.1) is 0 Å². The predicted molar refractivity (Wildman–Crippen MR) is 66.3 cm³/mol. The minimum Gasteiger partial charge on any atom is -0.367 e. The Hall–Kier alpha value is -1.05. The van der Waals surface area contributed by atoms with Crippen LogP contribution in [0.15, 0.2) is 12.1 Å². The second kappa shape index (κ2) is 4.21. The van der Waals surface area contributed by atoms with Crippen molar-refractivity contribution in [1.82, 2.24) is 4.98 Å². The van der Waals surface area contributed by atoms with Crippen LogP contribution in [-0.2, 0) is 0 Å². The Bertz CT molecular complexity index is 317. The summed E-state index contributed by atoms with van der Waals surface area (Å²) >= 11 is 0. The van der Waals surface area contributed by atoms with E-state index in [1.165, 1.54) is 5.56 Å². The van der Waals surface area contributed by atoms with Crippen molar-refractivity contribution in [3.05, 3.63) is 23.4 Å². The molecule has 0 radical (unpaired) electrons. The topological polar surface area (TPSA) is 24.9 Å². The number of nitrogens with zero attached hydrogens (tertiary/aromatic N) is 1. The van der Waals surface area contributed by atoms with E-state index >= 15 is 0 Å². The number of hydrogen-bond acceptors (Lipinski definition) is 2. The van der Waals surface area contributed by atoms with Gasteiger partial charge in [0.25, 0.3) is 0 Å². The van der Waals surface area contributed by atoms with Crippen LogP contribution in [0.5, 0.6) is 0 Å². The Morgan fingerprint density at radius 3 is 2.27 bits per heavy atom. The molecule has 0 aliphatic rings. The van der Waals surface area contributed by atoms with E-state index in [1.807, 2.05) is 6.92 Å². The quantitative estimate of drug-likeness (QED) is 0.800. The molecule has 84 valence electrons. The van der Waals surface area contributed by atoms with E-state index < -0.39 is 0 Å². The molecule has 1 heterocycles. The van der Waals surface area contributed by atoms with Gasteiger partial charge in [0.1, 0.15) is 5.82 Å². The highest BCUT2D eigenvalue weighted by Crippen LogP contribution is 2.22. The lowest BCUT2D eigenvalue weighted by Gasteiger charge is -2.28. The zero-order valence-corrected chi connectivity index (χ0v) is 10.7. The molecule has 2 nitrogen and oxygen atoms in total. The van der Waals surface area contributed by atoms with Crippen LogP contribution in [0.25, 0.3) is 0 Å². The van der Waals surface area contributed by atoms with E-state index in [-0.39, 0.29) is 5.41 Å². The summed E-state index contributed by atoms with van der Waals surface area (Å²) in [6, 6.07) is 4.59. The van der Waals surface area contributed by atoms with Gasteiger partial charge in [-0.1, -0.05) is 20.8 Å². The molecule has 0 spiro atoms. The lowest BCUT2D eigenvalue weighted by atomic mass is 9.88. The molecule has 0 bridgehead atoms. The second-order valence-electron chi connectivity index (χ2n) is 5.40. The number of hydrogen-bond donors (Lipinski definition) is 1. The molecule has 0 saturated carbocycles. The maximum absolute atomic E-state index is 4.48. The third-order valence-corrected chi connectivity index (χ3v) is 2.76. The molecule has 0 aliphatic carbocycles. The molecule has 2 heteroatoms. The van der Waals surface area contributed by atoms with Gasteiger partial charge in [0, 0.05) is 11.7 Å². The van der Waals surface area contributed by atoms with E-state index in [2.05, 4.69) is 57.1 Å². The summed E-state index contributed by atoms with van der Waals surface area (Å²) in [5, 5.41) is 3.45. The highest BCUT2D eigenvalue weighted by molar-refractivity contribution is 5.40. The van der Waals surface area contributed by atoms with Gasteiger partial charge in [-0.05, 0) is 43.9 Å². The Morgan fingerprint density at radius 2 is 1.80 bits per heavy atom. The van der Waals surface area contributed by atoms with Crippen LogP contribution in [0.2, 0.25) is 0 Å². The summed E-state index contributed by atoms with van der Waals surface area (Å²) in [5.74, 6) is 0.981. The van der Waals surface area contributed by atoms with Crippen molar-refractivity contribution in [2.75, 3.05) is 5.32 Å². The molecule has 0 saturated heterocycles. The van der Waals surface area contributed by atoms with Crippen LogP contribution >= 0.6 is 0 Å². The van der Waals surface area contributed by atoms with Gasteiger partial charge in [-0.3, -0.25) is 0 Å². The van der Waals surface area contributed by atoms with Crippen LogP contribution in [0, 0.1) is 19.3 Å². The van der Waals surface area contributed by atoms with Crippen LogP contribution in [0.3, 0.4) is 0 Å². The average molecular weight is 206 g/mol. The van der Waals surface area contributed by atoms with Gasteiger partial charge in [-0.25, -0.2) is 4.98 Å². The SMILES string of the molecule is Cc1cc(C)nc(NC(C)C(C)(C)C)c1. The molecule has 15 heavy (non-hydrogen) atoms. The number of aromatic nitrogens is 1. The second-order valence-corrected chi connectivity index (χ2v) is 5.40. The first-order chi connectivity index (χ1) is 6.79. The Labute approximate surface area is 93.1 Å². The van der Waals surface area contributed by atoms with Crippen molar-refractivity contribution in [1.29, 1.82) is 0 Å². The summed E-state index contributed by atoms with van der Waals surface area (Å²) < 4.78 is 0. The fraction of sp³-hybridized carbons (Fsp3) is 0.615. The molecule has 0 amide bonds. The van der Waals surface area contributed by atoms with E-state index in [9.17, 15) is 0 Å². The summed E-state index contributed by atoms with van der Waals surface area (Å²) in [4.78, 5) is 4.48. The molecular weight excluding hydrogens is 184 g/mol. The average Bonchev–Trinajstić information content (AvgIpc) is 1.99. The number of aryl methyl sites for hydroxylation is 2. The van der Waals surface area contributed by atoms with Gasteiger partial charge in [0.2, 0.25) is 0 Å². The predicted octanol–water partition coefficient (Wildman–Crippen LogP) is 3.54. The highest BCUT2D eigenvalue weighted by Gasteiger charge is 2.19. The molecule has 0 fully saturated rings. The zero-order valence-electron chi connectivity index (χ0n) is 10.7. The van der Waals surface area contributed by atoms with Crippen molar-refractivity contribution in [2.24, 2.45) is 5.41 Å². The minimum atomic E-state index is 0.249. The van der Waals surface area contributed by atoms with Gasteiger partial charge in [0.15, 0.2) is 0 Å². The molecule has 0 aromatic carbocycles. The van der Waals surface area contributed by atoms with Crippen molar-refractivity contribution in [2.45, 2.75) is 47.6 Å². The Balaban J connectivity index is 2.81. The number of pyridine rings is 1. The fourth-order valence-electron chi connectivity index (χ4n) is 1.35. The van der Waals surface area contributed by atoms with Gasteiger partial charge in [0.05, 0.1) is 0 Å². The Morgan fingerprint density at radius 1 is 1.20 bits per heavy atom. The van der Waals surface area contributed by atoms with Gasteiger partial charge >= 0.3 is 0 Å². The third kappa shape index (κ3) is 3.54. The van der Waals surface area contributed by atoms with Crippen molar-refractivity contribution in [3.63, 3.8) is 0 Å². The van der Waals surface area contributed by atoms with Crippen LogP contribution in [0.4, 0.5) is 5.82 Å². The van der Waals surface area contributed by atoms with E-state index in [1.54, 1.807) is 0 Å². The fourth-order valence-corrected chi connectivity index (χ4v) is 1.35. The van der Waals surface area contributed by atoms with Crippen LogP contribution in [-0.4, -0.2) is 11.0 Å². The molecule has 1 rings (SSSR count). The highest BCUT2D eigenvalue weighted by atomic mass is 15.0. The van der Waals surface area contributed by atoms with Crippen molar-refractivity contribution >= 4 is 5.82 Å². The first-order valence-electron chi connectivity index (χ1n) is 5.51. The molecule has 1 aromatic rings. The lowest BCUT2D eigenvalue weighted by Crippen LogP contribution is -2.31. The third-order valence-electron chi connectivity index (χ3n) is 2.76. The van der Waals surface area contributed by atoms with E-state index in [0.29, 0.717) is 6.04 Å². The Kier molecular flexibility index (Phi) is 3.38. The summed E-state index contributed by atoms with van der Waals surface area (Å²) in [6.45, 7) is 13.0. The number of nitrogens with one attached hydrogen (secondary N) is 1. The van der Waals surface area contributed by atoms with E-state index in [0.717, 1.165) is 11.5 Å². The van der Waals surface area contributed by atoms with Gasteiger partial charge < -0.3 is 5.32 Å². The van der Waals surface area contributed by atoms with E-state index in [4.69, 9.17) is 0 Å². The standard InChI is InChI=1S/C13H22N2/c1-9-7-10(2)14-12(8-9)15-11(3)13(4,5)6/h7-8,11H,1-6H3,(H,14,15). The van der Waals surface area contributed by atoms with Crippen molar-refractivity contribution < 1.29 is 0 Å². The molecule has 1 unspecified atom stereocenters. The first-order valence-corrected chi connectivity index (χ1v) is 5.51. The molecule has 0 aliphatic heterocycles. The van der Waals surface area contributed by atoms with Crippen molar-refractivity contribution in [3.8, 4) is 0 Å². The minimum absolute atomic E-state index is 0.249. The molecular formula is C13H22N2. The normalized spacial score (nSPS) is 13.7. The van der Waals surface area contributed by atoms with Crippen LogP contribution < -0.4 is 5.32 Å². The zero-order chi connectivity index (χ0) is 11.6. The monoisotopic (exact) mass is 206 g/mol. The summed E-state index contributed by atoms with van der Waals surface area (Å²) in [5.41, 5.74) is 2.57. The maximum Gasteiger partial charge on any atom is 0.126 e. The lowest BCUT2D eigenvalue weighted by molar-refractivity contribution is 0.358. The maximum atomic E-state index is 4.48. The molecule has 1 aromatic heterocycles. The summed E-state index contributed by atoms with van der Waals surface area (Å²) in [7, 11) is 0.